The Bertz CT molecular complexity index is 617. The first-order chi connectivity index (χ1) is 8.29. The van der Waals surface area contributed by atoms with Gasteiger partial charge in [0.1, 0.15) is 0 Å². The van der Waals surface area contributed by atoms with Gasteiger partial charge in [0.25, 0.3) is 0 Å². The summed E-state index contributed by atoms with van der Waals surface area (Å²) in [6.45, 7) is 5.08. The molecule has 2 aromatic rings. The lowest BCUT2D eigenvalue weighted by atomic mass is 10.1. The molecule has 0 spiro atoms. The second-order valence-corrected chi connectivity index (χ2v) is 5.58. The summed E-state index contributed by atoms with van der Waals surface area (Å²) in [5.74, 6) is 0. The Balaban J connectivity index is 2.23. The van der Waals surface area contributed by atoms with Crippen LogP contribution in [0.1, 0.15) is 17.4 Å². The van der Waals surface area contributed by atoms with E-state index < -0.39 is 0 Å². The molecule has 17 heavy (non-hydrogen) atoms. The average molecular weight is 245 g/mol. The summed E-state index contributed by atoms with van der Waals surface area (Å²) in [7, 11) is 0. The molecule has 0 atom stereocenters. The molecule has 0 saturated carbocycles. The van der Waals surface area contributed by atoms with Crippen molar-refractivity contribution in [1.82, 2.24) is 4.90 Å². The summed E-state index contributed by atoms with van der Waals surface area (Å²) in [6, 6.07) is 7.95. The van der Waals surface area contributed by atoms with Gasteiger partial charge in [0.05, 0.1) is 0 Å². The van der Waals surface area contributed by atoms with Crippen LogP contribution in [0.15, 0.2) is 29.1 Å². The molecule has 2 nitrogen and oxygen atoms in total. The van der Waals surface area contributed by atoms with Crippen molar-refractivity contribution >= 4 is 21.4 Å². The van der Waals surface area contributed by atoms with E-state index in [2.05, 4.69) is 11.8 Å². The maximum absolute atomic E-state index is 12.4. The van der Waals surface area contributed by atoms with Gasteiger partial charge in [-0.25, -0.2) is 0 Å². The van der Waals surface area contributed by atoms with Crippen LogP contribution in [0, 0.1) is 0 Å². The Morgan fingerprint density at radius 2 is 2.18 bits per heavy atom. The van der Waals surface area contributed by atoms with Crippen LogP contribution in [0.5, 0.6) is 0 Å². The zero-order valence-corrected chi connectivity index (χ0v) is 10.7. The van der Waals surface area contributed by atoms with E-state index in [-0.39, 0.29) is 5.43 Å². The number of nitrogens with zero attached hydrogens (tertiary/aromatic N) is 1. The first kappa shape index (κ1) is 10.9. The molecule has 1 aliphatic heterocycles. The van der Waals surface area contributed by atoms with Gasteiger partial charge in [0.15, 0.2) is 5.43 Å². The summed E-state index contributed by atoms with van der Waals surface area (Å²) in [6.07, 6.45) is 1.02. The molecule has 1 aromatic heterocycles. The molecule has 0 fully saturated rings. The highest BCUT2D eigenvalue weighted by atomic mass is 32.1. The molecule has 3 heteroatoms. The Labute approximate surface area is 105 Å². The van der Waals surface area contributed by atoms with E-state index in [1.807, 2.05) is 24.3 Å². The monoisotopic (exact) mass is 245 g/mol. The summed E-state index contributed by atoms with van der Waals surface area (Å²) in [5.41, 5.74) is 1.27. The largest absolute Gasteiger partial charge is 0.299 e. The summed E-state index contributed by atoms with van der Waals surface area (Å²) in [5, 5.41) is 0.884. The van der Waals surface area contributed by atoms with E-state index in [9.17, 15) is 4.79 Å². The van der Waals surface area contributed by atoms with Gasteiger partial charge in [-0.2, -0.15) is 0 Å². The first-order valence-corrected chi connectivity index (χ1v) is 6.87. The fraction of sp³-hybridized carbons (Fsp3) is 0.357. The van der Waals surface area contributed by atoms with Crippen LogP contribution in [0.3, 0.4) is 0 Å². The molecule has 0 amide bonds. The first-order valence-electron chi connectivity index (χ1n) is 6.05. The van der Waals surface area contributed by atoms with Gasteiger partial charge in [0, 0.05) is 33.6 Å². The molecule has 0 aliphatic carbocycles. The van der Waals surface area contributed by atoms with Crippen LogP contribution in [0.2, 0.25) is 0 Å². The van der Waals surface area contributed by atoms with Crippen molar-refractivity contribution in [1.29, 1.82) is 0 Å². The highest BCUT2D eigenvalue weighted by molar-refractivity contribution is 7.18. The van der Waals surface area contributed by atoms with E-state index >= 15 is 0 Å². The number of fused-ring (bicyclic) bond motifs is 2. The summed E-state index contributed by atoms with van der Waals surface area (Å²) < 4.78 is 1.13. The van der Waals surface area contributed by atoms with Crippen LogP contribution < -0.4 is 5.43 Å². The predicted molar refractivity (Wildman–Crippen MR) is 72.8 cm³/mol. The Kier molecular flexibility index (Phi) is 2.73. The molecule has 88 valence electrons. The van der Waals surface area contributed by atoms with Crippen LogP contribution in [-0.4, -0.2) is 18.0 Å². The molecule has 1 aliphatic rings. The topological polar surface area (TPSA) is 20.3 Å². The minimum absolute atomic E-state index is 0.243. The molecule has 0 radical (unpaired) electrons. The maximum Gasteiger partial charge on any atom is 0.192 e. The third-order valence-electron chi connectivity index (χ3n) is 3.46. The third-order valence-corrected chi connectivity index (χ3v) is 4.73. The van der Waals surface area contributed by atoms with Crippen molar-refractivity contribution < 1.29 is 0 Å². The van der Waals surface area contributed by atoms with Crippen molar-refractivity contribution in [2.45, 2.75) is 19.9 Å². The molecular weight excluding hydrogens is 230 g/mol. The Morgan fingerprint density at radius 3 is 3.00 bits per heavy atom. The van der Waals surface area contributed by atoms with Crippen molar-refractivity contribution in [2.24, 2.45) is 0 Å². The lowest BCUT2D eigenvalue weighted by molar-refractivity contribution is 0.269. The van der Waals surface area contributed by atoms with E-state index in [0.29, 0.717) is 0 Å². The highest BCUT2D eigenvalue weighted by Gasteiger charge is 2.19. The van der Waals surface area contributed by atoms with Gasteiger partial charge < -0.3 is 0 Å². The quantitative estimate of drug-likeness (QED) is 0.770. The summed E-state index contributed by atoms with van der Waals surface area (Å²) >= 11 is 1.79. The van der Waals surface area contributed by atoms with Crippen LogP contribution >= 0.6 is 11.3 Å². The molecule has 0 unspecified atom stereocenters. The number of hydrogen-bond acceptors (Lipinski definition) is 3. The van der Waals surface area contributed by atoms with Gasteiger partial charge in [-0.15, -0.1) is 11.3 Å². The SMILES string of the molecule is CCN1CCc2sc3ccccc3c(=O)c2C1. The highest BCUT2D eigenvalue weighted by Crippen LogP contribution is 2.26. The normalized spacial score (nSPS) is 16.1. The smallest absolute Gasteiger partial charge is 0.192 e. The minimum atomic E-state index is 0.243. The van der Waals surface area contributed by atoms with Crippen LogP contribution in [0.4, 0.5) is 0 Å². The summed E-state index contributed by atoms with van der Waals surface area (Å²) in [4.78, 5) is 16.0. The lowest BCUT2D eigenvalue weighted by Gasteiger charge is -2.26. The molecule has 0 N–H and O–H groups in total. The van der Waals surface area contributed by atoms with Crippen LogP contribution in [-0.2, 0) is 13.0 Å². The van der Waals surface area contributed by atoms with Gasteiger partial charge in [-0.05, 0) is 25.1 Å². The van der Waals surface area contributed by atoms with E-state index in [4.69, 9.17) is 0 Å². The minimum Gasteiger partial charge on any atom is -0.299 e. The van der Waals surface area contributed by atoms with Gasteiger partial charge in [-0.1, -0.05) is 19.1 Å². The van der Waals surface area contributed by atoms with E-state index in [0.717, 1.165) is 41.7 Å². The Hall–Kier alpha value is -1.19. The van der Waals surface area contributed by atoms with Gasteiger partial charge in [0.2, 0.25) is 0 Å². The molecule has 2 heterocycles. The second kappa shape index (κ2) is 4.24. The van der Waals surface area contributed by atoms with Crippen molar-refractivity contribution in [3.63, 3.8) is 0 Å². The van der Waals surface area contributed by atoms with E-state index in [1.54, 1.807) is 11.3 Å². The van der Waals surface area contributed by atoms with E-state index in [1.165, 1.54) is 4.88 Å². The zero-order valence-electron chi connectivity index (χ0n) is 9.90. The standard InChI is InChI=1S/C14H15NOS/c1-2-15-8-7-13-11(9-15)14(16)10-5-3-4-6-12(10)17-13/h3-6H,2,7-9H2,1H3. The third kappa shape index (κ3) is 1.79. The number of benzene rings is 1. The van der Waals surface area contributed by atoms with Crippen molar-refractivity contribution in [3.8, 4) is 0 Å². The maximum atomic E-state index is 12.4. The lowest BCUT2D eigenvalue weighted by Crippen LogP contribution is -2.33. The average Bonchev–Trinajstić information content (AvgIpc) is 2.39. The predicted octanol–water partition coefficient (Wildman–Crippen LogP) is 2.64. The van der Waals surface area contributed by atoms with Crippen molar-refractivity contribution in [3.05, 3.63) is 44.9 Å². The molecule has 0 saturated heterocycles. The van der Waals surface area contributed by atoms with Gasteiger partial charge in [-0.3, -0.25) is 9.69 Å². The number of likely N-dealkylation sites (N-methyl/N-ethyl adjacent to an activating group) is 1. The molecule has 3 rings (SSSR count). The molecule has 1 aromatic carbocycles. The molecule has 0 bridgehead atoms. The number of hydrogen-bond donors (Lipinski definition) is 0. The van der Waals surface area contributed by atoms with Gasteiger partial charge >= 0.3 is 0 Å². The fourth-order valence-corrected chi connectivity index (χ4v) is 3.58. The Morgan fingerprint density at radius 1 is 1.35 bits per heavy atom. The number of rotatable bonds is 1. The van der Waals surface area contributed by atoms with Crippen LogP contribution in [0.25, 0.3) is 10.1 Å². The fourth-order valence-electron chi connectivity index (χ4n) is 2.42. The molecular formula is C14H15NOS. The zero-order chi connectivity index (χ0) is 11.8. The second-order valence-electron chi connectivity index (χ2n) is 4.45. The van der Waals surface area contributed by atoms with Crippen molar-refractivity contribution in [2.75, 3.05) is 13.1 Å².